The van der Waals surface area contributed by atoms with E-state index in [4.69, 9.17) is 0 Å². The minimum absolute atomic E-state index is 0.107. The van der Waals surface area contributed by atoms with Crippen LogP contribution >= 0.6 is 0 Å². The molecule has 0 aliphatic carbocycles. The van der Waals surface area contributed by atoms with Gasteiger partial charge in [-0.3, -0.25) is 0 Å². The van der Waals surface area contributed by atoms with Gasteiger partial charge in [-0.15, -0.1) is 0 Å². The molecule has 29 heavy (non-hydrogen) atoms. The van der Waals surface area contributed by atoms with Gasteiger partial charge in [-0.2, -0.15) is 17.4 Å². The molecule has 0 unspecified atom stereocenters. The van der Waals surface area contributed by atoms with Crippen molar-refractivity contribution < 1.29 is 16.8 Å². The Bertz CT molecular complexity index is 1050. The van der Waals surface area contributed by atoms with Gasteiger partial charge >= 0.3 is 0 Å². The molecule has 2 N–H and O–H groups in total. The quantitative estimate of drug-likeness (QED) is 0.659. The number of fused-ring (bicyclic) bond motifs is 1. The fourth-order valence-corrected chi connectivity index (χ4v) is 5.92. The van der Waals surface area contributed by atoms with E-state index in [2.05, 4.69) is 9.44 Å². The van der Waals surface area contributed by atoms with Crippen molar-refractivity contribution in [1.82, 2.24) is 13.7 Å². The number of nitrogens with one attached hydrogen (secondary N) is 2. The molecule has 0 radical (unpaired) electrons. The zero-order valence-corrected chi connectivity index (χ0v) is 18.3. The summed E-state index contributed by atoms with van der Waals surface area (Å²) in [4.78, 5) is 0. The third-order valence-corrected chi connectivity index (χ3v) is 7.73. The maximum absolute atomic E-state index is 12.7. The standard InChI is InChI=1S/C20H27N3O4S2/c1-16(2)22-28(24,25)15-18-9-7-17(8-10-18)13-21-29(26,27)23-12-11-19-5-3-4-6-20(19)14-23/h3-10,16,21-22H,11-15H2,1-2H3. The normalized spacial score (nSPS) is 15.4. The fourth-order valence-electron chi connectivity index (χ4n) is 3.31. The van der Waals surface area contributed by atoms with E-state index in [1.807, 2.05) is 24.3 Å². The lowest BCUT2D eigenvalue weighted by atomic mass is 10.0. The van der Waals surface area contributed by atoms with Gasteiger partial charge in [0.05, 0.1) is 5.75 Å². The second-order valence-corrected chi connectivity index (χ2v) is 11.0. The molecule has 0 amide bonds. The molecular formula is C20H27N3O4S2. The SMILES string of the molecule is CC(C)NS(=O)(=O)Cc1ccc(CNS(=O)(=O)N2CCc3ccccc3C2)cc1. The Labute approximate surface area is 173 Å². The van der Waals surface area contributed by atoms with Crippen molar-refractivity contribution >= 4 is 20.2 Å². The highest BCUT2D eigenvalue weighted by Crippen LogP contribution is 2.20. The van der Waals surface area contributed by atoms with Gasteiger partial charge in [-0.1, -0.05) is 48.5 Å². The Hall–Kier alpha value is -1.78. The summed E-state index contributed by atoms with van der Waals surface area (Å²) in [7, 11) is -6.99. The third-order valence-electron chi connectivity index (χ3n) is 4.69. The molecular weight excluding hydrogens is 410 g/mol. The Kier molecular flexibility index (Phi) is 6.75. The molecule has 2 aromatic carbocycles. The first-order valence-corrected chi connectivity index (χ1v) is 12.6. The first-order chi connectivity index (χ1) is 13.6. The second kappa shape index (κ2) is 8.93. The molecule has 0 saturated carbocycles. The molecule has 1 aliphatic rings. The Morgan fingerprint density at radius 1 is 0.931 bits per heavy atom. The number of nitrogens with zero attached hydrogens (tertiary/aromatic N) is 1. The zero-order valence-electron chi connectivity index (χ0n) is 16.6. The van der Waals surface area contributed by atoms with E-state index in [1.54, 1.807) is 38.1 Å². The van der Waals surface area contributed by atoms with E-state index in [9.17, 15) is 16.8 Å². The summed E-state index contributed by atoms with van der Waals surface area (Å²) in [5, 5.41) is 0. The van der Waals surface area contributed by atoms with E-state index in [0.717, 1.165) is 11.1 Å². The monoisotopic (exact) mass is 437 g/mol. The molecule has 0 spiro atoms. The van der Waals surface area contributed by atoms with Gasteiger partial charge in [0.2, 0.25) is 10.0 Å². The molecule has 1 heterocycles. The molecule has 0 bridgehead atoms. The van der Waals surface area contributed by atoms with Gasteiger partial charge in [0.25, 0.3) is 10.2 Å². The number of benzene rings is 2. The van der Waals surface area contributed by atoms with Gasteiger partial charge in [0.15, 0.2) is 0 Å². The number of sulfonamides is 1. The van der Waals surface area contributed by atoms with Crippen LogP contribution in [0.4, 0.5) is 0 Å². The Morgan fingerprint density at radius 2 is 1.55 bits per heavy atom. The largest absolute Gasteiger partial charge is 0.280 e. The van der Waals surface area contributed by atoms with Gasteiger partial charge in [-0.05, 0) is 42.5 Å². The van der Waals surface area contributed by atoms with E-state index < -0.39 is 20.2 Å². The smallest absolute Gasteiger partial charge is 0.212 e. The summed E-state index contributed by atoms with van der Waals surface area (Å²) in [6, 6.07) is 14.6. The maximum Gasteiger partial charge on any atom is 0.280 e. The Morgan fingerprint density at radius 3 is 2.21 bits per heavy atom. The summed E-state index contributed by atoms with van der Waals surface area (Å²) in [5.74, 6) is -0.107. The average Bonchev–Trinajstić information content (AvgIpc) is 2.66. The molecule has 7 nitrogen and oxygen atoms in total. The summed E-state index contributed by atoms with van der Waals surface area (Å²) in [5.41, 5.74) is 3.64. The predicted octanol–water partition coefficient (Wildman–Crippen LogP) is 1.91. The number of hydrogen-bond acceptors (Lipinski definition) is 4. The molecule has 0 atom stereocenters. The molecule has 9 heteroatoms. The first-order valence-electron chi connectivity index (χ1n) is 9.54. The van der Waals surface area contributed by atoms with Gasteiger partial charge in [-0.25, -0.2) is 13.1 Å². The van der Waals surface area contributed by atoms with E-state index in [-0.39, 0.29) is 18.3 Å². The first kappa shape index (κ1) is 21.9. The van der Waals surface area contributed by atoms with Crippen molar-refractivity contribution in [3.05, 3.63) is 70.8 Å². The van der Waals surface area contributed by atoms with Crippen molar-refractivity contribution in [3.63, 3.8) is 0 Å². The van der Waals surface area contributed by atoms with Crippen LogP contribution in [-0.2, 0) is 45.5 Å². The van der Waals surface area contributed by atoms with E-state index in [1.165, 1.54) is 9.87 Å². The number of rotatable bonds is 8. The summed E-state index contributed by atoms with van der Waals surface area (Å²) in [6.07, 6.45) is 0.699. The highest BCUT2D eigenvalue weighted by Gasteiger charge is 2.26. The highest BCUT2D eigenvalue weighted by molar-refractivity contribution is 7.88. The Balaban J connectivity index is 1.58. The lowest BCUT2D eigenvalue weighted by Gasteiger charge is -2.28. The van der Waals surface area contributed by atoms with E-state index >= 15 is 0 Å². The topological polar surface area (TPSA) is 95.6 Å². The average molecular weight is 438 g/mol. The molecule has 2 aromatic rings. The van der Waals surface area contributed by atoms with Crippen LogP contribution in [-0.4, -0.2) is 33.7 Å². The lowest BCUT2D eigenvalue weighted by Crippen LogP contribution is -2.43. The molecule has 0 saturated heterocycles. The van der Waals surface area contributed by atoms with Crippen molar-refractivity contribution in [3.8, 4) is 0 Å². The van der Waals surface area contributed by atoms with Crippen LogP contribution in [0.25, 0.3) is 0 Å². The van der Waals surface area contributed by atoms with Crippen molar-refractivity contribution in [1.29, 1.82) is 0 Å². The van der Waals surface area contributed by atoms with Crippen molar-refractivity contribution in [2.45, 2.75) is 45.2 Å². The summed E-state index contributed by atoms with van der Waals surface area (Å²) in [6.45, 7) is 4.51. The molecule has 1 aliphatic heterocycles. The minimum Gasteiger partial charge on any atom is -0.212 e. The minimum atomic E-state index is -3.60. The van der Waals surface area contributed by atoms with Crippen LogP contribution in [0.2, 0.25) is 0 Å². The lowest BCUT2D eigenvalue weighted by molar-refractivity contribution is 0.384. The maximum atomic E-state index is 12.7. The molecule has 3 rings (SSSR count). The van der Waals surface area contributed by atoms with Gasteiger partial charge in [0, 0.05) is 25.7 Å². The molecule has 158 valence electrons. The van der Waals surface area contributed by atoms with Crippen LogP contribution < -0.4 is 9.44 Å². The van der Waals surface area contributed by atoms with Crippen LogP contribution in [0.3, 0.4) is 0 Å². The van der Waals surface area contributed by atoms with Gasteiger partial charge < -0.3 is 0 Å². The third kappa shape index (κ3) is 6.10. The zero-order chi connectivity index (χ0) is 21.1. The second-order valence-electron chi connectivity index (χ2n) is 7.53. The van der Waals surface area contributed by atoms with Crippen LogP contribution in [0.5, 0.6) is 0 Å². The summed E-state index contributed by atoms with van der Waals surface area (Å²) >= 11 is 0. The van der Waals surface area contributed by atoms with Gasteiger partial charge in [0.1, 0.15) is 0 Å². The fraction of sp³-hybridized carbons (Fsp3) is 0.400. The van der Waals surface area contributed by atoms with Crippen LogP contribution in [0, 0.1) is 0 Å². The number of hydrogen-bond donors (Lipinski definition) is 2. The van der Waals surface area contributed by atoms with Crippen LogP contribution in [0.1, 0.15) is 36.1 Å². The molecule has 0 aromatic heterocycles. The van der Waals surface area contributed by atoms with Crippen molar-refractivity contribution in [2.75, 3.05) is 6.54 Å². The summed E-state index contributed by atoms with van der Waals surface area (Å²) < 4.78 is 56.0. The highest BCUT2D eigenvalue weighted by atomic mass is 32.2. The molecule has 0 fully saturated rings. The van der Waals surface area contributed by atoms with E-state index in [0.29, 0.717) is 25.1 Å². The van der Waals surface area contributed by atoms with Crippen molar-refractivity contribution in [2.24, 2.45) is 0 Å². The van der Waals surface area contributed by atoms with Crippen LogP contribution in [0.15, 0.2) is 48.5 Å². The predicted molar refractivity (Wildman–Crippen MR) is 114 cm³/mol.